The van der Waals surface area contributed by atoms with Crippen LogP contribution in [-0.2, 0) is 19.6 Å². The first-order valence-electron chi connectivity index (χ1n) is 10.2. The number of nitrogens with zero attached hydrogens (tertiary/aromatic N) is 1. The Morgan fingerprint density at radius 3 is 2.44 bits per heavy atom. The van der Waals surface area contributed by atoms with Crippen LogP contribution >= 0.6 is 0 Å². The largest absolute Gasteiger partial charge is 0.460 e. The third-order valence-corrected chi connectivity index (χ3v) is 6.94. The van der Waals surface area contributed by atoms with E-state index in [0.29, 0.717) is 5.56 Å². The molecule has 0 unspecified atom stereocenters. The summed E-state index contributed by atoms with van der Waals surface area (Å²) in [5, 5.41) is -0.353. The number of hydrogen-bond acceptors (Lipinski definition) is 7. The molecule has 1 aliphatic heterocycles. The van der Waals surface area contributed by atoms with Gasteiger partial charge in [0.05, 0.1) is 6.61 Å². The number of aryl methyl sites for hydroxylation is 1. The number of furan rings is 1. The summed E-state index contributed by atoms with van der Waals surface area (Å²) >= 11 is 0. The number of esters is 1. The Morgan fingerprint density at radius 1 is 1.09 bits per heavy atom. The van der Waals surface area contributed by atoms with Gasteiger partial charge < -0.3 is 9.15 Å². The van der Waals surface area contributed by atoms with Crippen molar-refractivity contribution in [2.75, 3.05) is 19.7 Å². The lowest BCUT2D eigenvalue weighted by molar-refractivity contribution is -0.126. The third-order valence-electron chi connectivity index (χ3n) is 5.17. The second kappa shape index (κ2) is 9.96. The molecule has 2 amide bonds. The Bertz CT molecular complexity index is 1100. The van der Waals surface area contributed by atoms with E-state index in [-0.39, 0.29) is 49.3 Å². The van der Waals surface area contributed by atoms with Crippen molar-refractivity contribution in [3.63, 3.8) is 0 Å². The number of nitrogens with one attached hydrogen (secondary N) is 2. The van der Waals surface area contributed by atoms with Gasteiger partial charge in [0.2, 0.25) is 16.8 Å². The number of benzene rings is 1. The molecule has 172 valence electrons. The van der Waals surface area contributed by atoms with Crippen LogP contribution in [0.1, 0.15) is 46.2 Å². The molecule has 1 aromatic carbocycles. The van der Waals surface area contributed by atoms with Crippen molar-refractivity contribution in [2.45, 2.75) is 31.8 Å². The van der Waals surface area contributed by atoms with Gasteiger partial charge >= 0.3 is 5.97 Å². The topological polar surface area (TPSA) is 135 Å². The lowest BCUT2D eigenvalue weighted by Gasteiger charge is -2.29. The molecular weight excluding hydrogens is 438 g/mol. The second-order valence-electron chi connectivity index (χ2n) is 7.28. The van der Waals surface area contributed by atoms with E-state index in [1.54, 1.807) is 32.0 Å². The van der Waals surface area contributed by atoms with Crippen molar-refractivity contribution in [3.8, 4) is 0 Å². The van der Waals surface area contributed by atoms with Crippen LogP contribution in [0.4, 0.5) is 0 Å². The Hall–Kier alpha value is -3.18. The highest BCUT2D eigenvalue weighted by molar-refractivity contribution is 7.89. The summed E-state index contributed by atoms with van der Waals surface area (Å²) in [5.41, 5.74) is 6.05. The lowest BCUT2D eigenvalue weighted by atomic mass is 9.97. The number of piperidine rings is 1. The molecule has 11 heteroatoms. The minimum Gasteiger partial charge on any atom is -0.460 e. The first-order chi connectivity index (χ1) is 15.2. The summed E-state index contributed by atoms with van der Waals surface area (Å²) in [4.78, 5) is 36.3. The maximum atomic E-state index is 12.8. The molecule has 0 aliphatic carbocycles. The van der Waals surface area contributed by atoms with E-state index in [9.17, 15) is 22.8 Å². The molecule has 1 aliphatic rings. The van der Waals surface area contributed by atoms with E-state index in [1.807, 2.05) is 6.07 Å². The average Bonchev–Trinajstić information content (AvgIpc) is 3.29. The molecule has 2 aromatic rings. The van der Waals surface area contributed by atoms with Crippen LogP contribution < -0.4 is 10.9 Å². The van der Waals surface area contributed by atoms with E-state index in [2.05, 4.69) is 10.9 Å². The maximum absolute atomic E-state index is 12.8. The normalized spacial score (nSPS) is 15.2. The van der Waals surface area contributed by atoms with Crippen molar-refractivity contribution in [1.82, 2.24) is 15.2 Å². The third kappa shape index (κ3) is 5.17. The van der Waals surface area contributed by atoms with Crippen LogP contribution in [0.5, 0.6) is 0 Å². The minimum atomic E-state index is -3.95. The molecule has 3 rings (SSSR count). The number of sulfonamides is 1. The van der Waals surface area contributed by atoms with Crippen LogP contribution in [0.3, 0.4) is 0 Å². The highest BCUT2D eigenvalue weighted by Crippen LogP contribution is 2.25. The fourth-order valence-electron chi connectivity index (χ4n) is 3.37. The summed E-state index contributed by atoms with van der Waals surface area (Å²) in [7, 11) is -3.95. The van der Waals surface area contributed by atoms with Crippen LogP contribution in [0.2, 0.25) is 0 Å². The Morgan fingerprint density at radius 2 is 1.78 bits per heavy atom. The number of amides is 2. The van der Waals surface area contributed by atoms with E-state index in [0.717, 1.165) is 5.56 Å². The van der Waals surface area contributed by atoms with Gasteiger partial charge in [-0.15, -0.1) is 0 Å². The highest BCUT2D eigenvalue weighted by Gasteiger charge is 2.34. The van der Waals surface area contributed by atoms with Crippen LogP contribution in [-0.4, -0.2) is 50.2 Å². The number of ether oxygens (including phenoxy) is 1. The van der Waals surface area contributed by atoms with Gasteiger partial charge in [-0.05, 0) is 50.5 Å². The van der Waals surface area contributed by atoms with Gasteiger partial charge in [0, 0.05) is 24.6 Å². The predicted molar refractivity (Wildman–Crippen MR) is 113 cm³/mol. The zero-order valence-corrected chi connectivity index (χ0v) is 18.6. The molecule has 2 N–H and O–H groups in total. The molecule has 2 heterocycles. The zero-order chi connectivity index (χ0) is 23.3. The monoisotopic (exact) mass is 463 g/mol. The summed E-state index contributed by atoms with van der Waals surface area (Å²) in [6.45, 7) is 3.76. The van der Waals surface area contributed by atoms with Gasteiger partial charge in [-0.1, -0.05) is 18.2 Å². The SMILES string of the molecule is CCOC(=O)c1ccc(S(=O)(=O)N2CCC(C(=O)NNC(=O)c3ccccc3C)CC2)o1. The van der Waals surface area contributed by atoms with Crippen molar-refractivity contribution in [1.29, 1.82) is 0 Å². The molecule has 1 fully saturated rings. The van der Waals surface area contributed by atoms with E-state index < -0.39 is 27.8 Å². The minimum absolute atomic E-state index is 0.0988. The lowest BCUT2D eigenvalue weighted by Crippen LogP contribution is -2.48. The Labute approximate surface area is 185 Å². The van der Waals surface area contributed by atoms with Gasteiger partial charge in [0.1, 0.15) is 0 Å². The van der Waals surface area contributed by atoms with E-state index in [4.69, 9.17) is 9.15 Å². The zero-order valence-electron chi connectivity index (χ0n) is 17.8. The quantitative estimate of drug-likeness (QED) is 0.491. The molecule has 0 radical (unpaired) electrons. The molecule has 0 atom stereocenters. The van der Waals surface area contributed by atoms with Crippen LogP contribution in [0, 0.1) is 12.8 Å². The number of rotatable bonds is 6. The number of hydrogen-bond donors (Lipinski definition) is 2. The van der Waals surface area contributed by atoms with Crippen molar-refractivity contribution >= 4 is 27.8 Å². The van der Waals surface area contributed by atoms with Gasteiger partial charge in [-0.25, -0.2) is 13.2 Å². The predicted octanol–water partition coefficient (Wildman–Crippen LogP) is 1.63. The average molecular weight is 464 g/mol. The summed E-state index contributed by atoms with van der Waals surface area (Å²) in [6.07, 6.45) is 0.549. The first-order valence-corrected chi connectivity index (χ1v) is 11.6. The van der Waals surface area contributed by atoms with E-state index >= 15 is 0 Å². The molecule has 32 heavy (non-hydrogen) atoms. The maximum Gasteiger partial charge on any atom is 0.374 e. The molecule has 1 aromatic heterocycles. The molecule has 0 spiro atoms. The molecule has 10 nitrogen and oxygen atoms in total. The van der Waals surface area contributed by atoms with Crippen molar-refractivity contribution in [3.05, 3.63) is 53.3 Å². The highest BCUT2D eigenvalue weighted by atomic mass is 32.2. The first kappa shape index (κ1) is 23.5. The number of hydrazine groups is 1. The molecule has 0 bridgehead atoms. The van der Waals surface area contributed by atoms with Gasteiger partial charge in [0.25, 0.3) is 15.9 Å². The van der Waals surface area contributed by atoms with Gasteiger partial charge in [-0.3, -0.25) is 20.4 Å². The van der Waals surface area contributed by atoms with Gasteiger partial charge in [-0.2, -0.15) is 4.31 Å². The number of carbonyl (C=O) groups is 3. The smallest absolute Gasteiger partial charge is 0.374 e. The molecular formula is C21H25N3O7S. The Kier molecular flexibility index (Phi) is 7.31. The van der Waals surface area contributed by atoms with Gasteiger partial charge in [0.15, 0.2) is 0 Å². The number of carbonyl (C=O) groups excluding carboxylic acids is 3. The van der Waals surface area contributed by atoms with Crippen LogP contribution in [0.15, 0.2) is 45.9 Å². The fraction of sp³-hybridized carbons (Fsp3) is 0.381. The van der Waals surface area contributed by atoms with Crippen molar-refractivity contribution < 1.29 is 32.0 Å². The molecule has 0 saturated carbocycles. The summed E-state index contributed by atoms with van der Waals surface area (Å²) < 4.78 is 36.7. The Balaban J connectivity index is 1.54. The summed E-state index contributed by atoms with van der Waals surface area (Å²) in [6, 6.07) is 9.45. The van der Waals surface area contributed by atoms with Crippen molar-refractivity contribution in [2.24, 2.45) is 5.92 Å². The second-order valence-corrected chi connectivity index (χ2v) is 9.14. The fourth-order valence-corrected chi connectivity index (χ4v) is 4.75. The molecule has 1 saturated heterocycles. The summed E-state index contributed by atoms with van der Waals surface area (Å²) in [5.74, 6) is -2.19. The van der Waals surface area contributed by atoms with E-state index in [1.165, 1.54) is 16.4 Å². The van der Waals surface area contributed by atoms with Crippen LogP contribution in [0.25, 0.3) is 0 Å². The standard InChI is InChI=1S/C21H25N3O7S/c1-3-30-21(27)17-8-9-18(31-17)32(28,29)24-12-10-15(11-13-24)19(25)22-23-20(26)16-7-5-4-6-14(16)2/h4-9,15H,3,10-13H2,1-2H3,(H,22,25)(H,23,26).